The zero-order valence-electron chi connectivity index (χ0n) is 38.0. The maximum atomic E-state index is 12.7. The number of hydrogen-bond donors (Lipinski definition) is 0. The Hall–Kier alpha value is -2.89. The van der Waals surface area contributed by atoms with E-state index in [-0.39, 0.29) is 31.1 Å². The monoisotopic (exact) mass is 811 g/mol. The first-order valence-electron chi connectivity index (χ1n) is 24.3. The second-order valence-electron chi connectivity index (χ2n) is 16.0. The van der Waals surface area contributed by atoms with Crippen molar-refractivity contribution in [3.8, 4) is 0 Å². The average molecular weight is 811 g/mol. The Bertz CT molecular complexity index is 1070. The van der Waals surface area contributed by atoms with Gasteiger partial charge >= 0.3 is 17.9 Å². The fourth-order valence-corrected chi connectivity index (χ4v) is 6.61. The summed E-state index contributed by atoms with van der Waals surface area (Å²) in [5.74, 6) is -0.947. The summed E-state index contributed by atoms with van der Waals surface area (Å²) in [4.78, 5) is 37.8. The van der Waals surface area contributed by atoms with E-state index in [4.69, 9.17) is 14.2 Å². The maximum absolute atomic E-state index is 12.7. The van der Waals surface area contributed by atoms with Crippen molar-refractivity contribution in [3.63, 3.8) is 0 Å². The van der Waals surface area contributed by atoms with Gasteiger partial charge in [0, 0.05) is 19.3 Å². The summed E-state index contributed by atoms with van der Waals surface area (Å²) in [5, 5.41) is 0. The normalized spacial score (nSPS) is 12.5. The van der Waals surface area contributed by atoms with Gasteiger partial charge in [0.1, 0.15) is 13.2 Å². The fourth-order valence-electron chi connectivity index (χ4n) is 6.61. The minimum atomic E-state index is -0.794. The van der Waals surface area contributed by atoms with Crippen LogP contribution in [0.4, 0.5) is 0 Å². The second-order valence-corrected chi connectivity index (χ2v) is 16.0. The van der Waals surface area contributed by atoms with Crippen LogP contribution in [-0.4, -0.2) is 37.2 Å². The molecule has 0 rings (SSSR count). The minimum absolute atomic E-state index is 0.0954. The first kappa shape index (κ1) is 55.1. The molecule has 0 aliphatic heterocycles. The van der Waals surface area contributed by atoms with Gasteiger partial charge in [-0.3, -0.25) is 14.4 Å². The third-order valence-electron chi connectivity index (χ3n) is 10.3. The standard InChI is InChI=1S/C52H90O6/c1-4-7-10-13-16-19-22-25-28-30-33-36-39-42-45-51(54)57-48-49(58-52(55)46-43-40-37-34-31-27-24-21-18-15-12-9-6-3)47-56-50(53)44-41-38-35-32-29-26-23-20-17-14-11-8-5-2/h9,12,15,18,21,24,26,28-30,49H,4-8,10-11,13-14,16-17,19-20,22-23,25,27,31-48H2,1-3H3/b12-9-,18-15-,24-21-,29-26-,30-28-. The van der Waals surface area contributed by atoms with Crippen molar-refractivity contribution >= 4 is 17.9 Å². The first-order chi connectivity index (χ1) is 28.5. The van der Waals surface area contributed by atoms with Crippen molar-refractivity contribution in [3.05, 3.63) is 60.8 Å². The number of ether oxygens (including phenoxy) is 3. The lowest BCUT2D eigenvalue weighted by Crippen LogP contribution is -2.30. The Balaban J connectivity index is 4.45. The first-order valence-corrected chi connectivity index (χ1v) is 24.3. The molecular weight excluding hydrogens is 721 g/mol. The van der Waals surface area contributed by atoms with Crippen LogP contribution in [0.1, 0.15) is 233 Å². The van der Waals surface area contributed by atoms with Crippen molar-refractivity contribution in [2.24, 2.45) is 0 Å². The molecule has 0 radical (unpaired) electrons. The molecule has 0 aliphatic carbocycles. The number of hydrogen-bond acceptors (Lipinski definition) is 6. The summed E-state index contributed by atoms with van der Waals surface area (Å²) in [6.07, 6.45) is 56.3. The van der Waals surface area contributed by atoms with Crippen molar-refractivity contribution < 1.29 is 28.6 Å². The van der Waals surface area contributed by atoms with Gasteiger partial charge in [0.15, 0.2) is 6.10 Å². The van der Waals surface area contributed by atoms with Crippen molar-refractivity contribution in [1.29, 1.82) is 0 Å². The topological polar surface area (TPSA) is 78.9 Å². The molecule has 334 valence electrons. The molecule has 0 aromatic carbocycles. The van der Waals surface area contributed by atoms with Gasteiger partial charge in [0.2, 0.25) is 0 Å². The lowest BCUT2D eigenvalue weighted by atomic mass is 10.1. The van der Waals surface area contributed by atoms with E-state index < -0.39 is 6.10 Å². The Morgan fingerprint density at radius 2 is 0.690 bits per heavy atom. The predicted octanol–water partition coefficient (Wildman–Crippen LogP) is 15.7. The molecule has 0 bridgehead atoms. The van der Waals surface area contributed by atoms with Gasteiger partial charge in [-0.05, 0) is 89.9 Å². The fraction of sp³-hybridized carbons (Fsp3) is 0.750. The highest BCUT2D eigenvalue weighted by Crippen LogP contribution is 2.13. The van der Waals surface area contributed by atoms with Gasteiger partial charge < -0.3 is 14.2 Å². The summed E-state index contributed by atoms with van der Waals surface area (Å²) < 4.78 is 16.7. The molecule has 0 saturated carbocycles. The minimum Gasteiger partial charge on any atom is -0.462 e. The molecule has 0 aromatic heterocycles. The van der Waals surface area contributed by atoms with Crippen LogP contribution in [0.5, 0.6) is 0 Å². The van der Waals surface area contributed by atoms with Crippen LogP contribution in [0.2, 0.25) is 0 Å². The second kappa shape index (κ2) is 46.8. The van der Waals surface area contributed by atoms with E-state index >= 15 is 0 Å². The molecule has 0 aliphatic rings. The number of carbonyl (C=O) groups is 3. The van der Waals surface area contributed by atoms with Crippen LogP contribution in [0, 0.1) is 0 Å². The Labute approximate surface area is 358 Å². The molecule has 6 heteroatoms. The van der Waals surface area contributed by atoms with Crippen LogP contribution in [-0.2, 0) is 28.6 Å². The van der Waals surface area contributed by atoms with Gasteiger partial charge in [-0.2, -0.15) is 0 Å². The number of unbranched alkanes of at least 4 members (excludes halogenated alkanes) is 24. The molecule has 6 nitrogen and oxygen atoms in total. The average Bonchev–Trinajstić information content (AvgIpc) is 3.22. The molecule has 0 amide bonds. The number of carbonyl (C=O) groups excluding carboxylic acids is 3. The summed E-state index contributed by atoms with van der Waals surface area (Å²) in [6.45, 7) is 6.44. The summed E-state index contributed by atoms with van der Waals surface area (Å²) in [7, 11) is 0. The quantitative estimate of drug-likeness (QED) is 0.0201. The Morgan fingerprint density at radius 3 is 1.10 bits per heavy atom. The SMILES string of the molecule is CC\C=C/C=C\C=C/CCCCCCCC(=O)OC(COC(=O)CCCCC/C=C\CCCCCCCC)COC(=O)CCCCC/C=C\CCCCCCCCC. The molecule has 0 heterocycles. The maximum Gasteiger partial charge on any atom is 0.306 e. The van der Waals surface area contributed by atoms with Crippen LogP contribution in [0.3, 0.4) is 0 Å². The Kier molecular flexibility index (Phi) is 44.5. The van der Waals surface area contributed by atoms with Crippen LogP contribution < -0.4 is 0 Å². The van der Waals surface area contributed by atoms with Gasteiger partial charge in [0.05, 0.1) is 0 Å². The lowest BCUT2D eigenvalue weighted by molar-refractivity contribution is -0.167. The third-order valence-corrected chi connectivity index (χ3v) is 10.3. The van der Waals surface area contributed by atoms with Gasteiger partial charge in [-0.1, -0.05) is 184 Å². The number of allylic oxidation sites excluding steroid dienone is 10. The Morgan fingerprint density at radius 1 is 0.362 bits per heavy atom. The van der Waals surface area contributed by atoms with Gasteiger partial charge in [-0.15, -0.1) is 0 Å². The molecule has 1 atom stereocenters. The van der Waals surface area contributed by atoms with E-state index in [1.165, 1.54) is 83.5 Å². The lowest BCUT2D eigenvalue weighted by Gasteiger charge is -2.18. The van der Waals surface area contributed by atoms with Crippen LogP contribution >= 0.6 is 0 Å². The number of esters is 3. The molecule has 58 heavy (non-hydrogen) atoms. The summed E-state index contributed by atoms with van der Waals surface area (Å²) in [6, 6.07) is 0. The van der Waals surface area contributed by atoms with Crippen LogP contribution in [0.25, 0.3) is 0 Å². The zero-order chi connectivity index (χ0) is 42.3. The largest absolute Gasteiger partial charge is 0.462 e. The van der Waals surface area contributed by atoms with Gasteiger partial charge in [0.25, 0.3) is 0 Å². The predicted molar refractivity (Wildman–Crippen MR) is 247 cm³/mol. The van der Waals surface area contributed by atoms with E-state index in [9.17, 15) is 14.4 Å². The van der Waals surface area contributed by atoms with Crippen molar-refractivity contribution in [2.75, 3.05) is 13.2 Å². The van der Waals surface area contributed by atoms with E-state index in [2.05, 4.69) is 81.5 Å². The molecule has 0 aromatic rings. The van der Waals surface area contributed by atoms with E-state index in [0.29, 0.717) is 19.3 Å². The summed E-state index contributed by atoms with van der Waals surface area (Å²) >= 11 is 0. The highest BCUT2D eigenvalue weighted by atomic mass is 16.6. The molecule has 1 unspecified atom stereocenters. The van der Waals surface area contributed by atoms with E-state index in [0.717, 1.165) is 109 Å². The van der Waals surface area contributed by atoms with Crippen molar-refractivity contribution in [1.82, 2.24) is 0 Å². The van der Waals surface area contributed by atoms with Crippen molar-refractivity contribution in [2.45, 2.75) is 239 Å². The molecule has 0 fully saturated rings. The molecule has 0 saturated heterocycles. The molecular formula is C52H90O6. The highest BCUT2D eigenvalue weighted by Gasteiger charge is 2.19. The zero-order valence-corrected chi connectivity index (χ0v) is 38.0. The van der Waals surface area contributed by atoms with E-state index in [1.807, 2.05) is 0 Å². The highest BCUT2D eigenvalue weighted by molar-refractivity contribution is 5.71. The van der Waals surface area contributed by atoms with Gasteiger partial charge in [-0.25, -0.2) is 0 Å². The smallest absolute Gasteiger partial charge is 0.306 e. The molecule has 0 N–H and O–H groups in total. The number of rotatable bonds is 43. The van der Waals surface area contributed by atoms with E-state index in [1.54, 1.807) is 0 Å². The summed E-state index contributed by atoms with van der Waals surface area (Å²) in [5.41, 5.74) is 0. The van der Waals surface area contributed by atoms with Crippen LogP contribution in [0.15, 0.2) is 60.8 Å². The third kappa shape index (κ3) is 44.2. The molecule has 0 spiro atoms.